The number of thiophene rings is 1. The van der Waals surface area contributed by atoms with E-state index in [4.69, 9.17) is 0 Å². The van der Waals surface area contributed by atoms with Crippen molar-refractivity contribution < 1.29 is 0 Å². The van der Waals surface area contributed by atoms with Gasteiger partial charge in [0.15, 0.2) is 0 Å². The van der Waals surface area contributed by atoms with Crippen molar-refractivity contribution in [1.82, 2.24) is 4.98 Å². The van der Waals surface area contributed by atoms with Crippen molar-refractivity contribution in [2.24, 2.45) is 0 Å². The number of H-pyrrole nitrogens is 1. The van der Waals surface area contributed by atoms with Gasteiger partial charge in [0.1, 0.15) is 0 Å². The van der Waals surface area contributed by atoms with E-state index in [1.54, 1.807) is 11.3 Å². The number of hydrogen-bond donors (Lipinski definition) is 1. The van der Waals surface area contributed by atoms with E-state index in [9.17, 15) is 0 Å². The fourth-order valence-electron chi connectivity index (χ4n) is 1.72. The van der Waals surface area contributed by atoms with Crippen LogP contribution in [-0.4, -0.2) is 4.98 Å². The zero-order chi connectivity index (χ0) is 9.38. The quantitative estimate of drug-likeness (QED) is 0.612. The van der Waals surface area contributed by atoms with Gasteiger partial charge in [-0.25, -0.2) is 0 Å². The molecular weight excluding hydrogens is 190 g/mol. The van der Waals surface area contributed by atoms with Crippen LogP contribution in [0, 0.1) is 0 Å². The first kappa shape index (κ1) is 7.83. The van der Waals surface area contributed by atoms with Crippen LogP contribution < -0.4 is 0 Å². The summed E-state index contributed by atoms with van der Waals surface area (Å²) in [5, 5.41) is 3.38. The normalized spacial score (nSPS) is 10.9. The van der Waals surface area contributed by atoms with Gasteiger partial charge in [-0.3, -0.25) is 0 Å². The molecule has 0 unspecified atom stereocenters. The van der Waals surface area contributed by atoms with Crippen LogP contribution in [0.2, 0.25) is 0 Å². The van der Waals surface area contributed by atoms with Gasteiger partial charge in [-0.05, 0) is 17.5 Å². The molecule has 0 fully saturated rings. The van der Waals surface area contributed by atoms with Crippen molar-refractivity contribution in [1.29, 1.82) is 0 Å². The highest BCUT2D eigenvalue weighted by Gasteiger charge is 2.03. The number of nitrogens with one attached hydrogen (secondary N) is 1. The minimum Gasteiger partial charge on any atom is -0.361 e. The number of para-hydroxylation sites is 1. The maximum atomic E-state index is 3.28. The standard InChI is InChI=1S/C12H9NS/c1-3-9-6-7-13-12(9)10(4-1)11-5-2-8-14-11/h1-8,13H. The Balaban J connectivity index is 2.36. The van der Waals surface area contributed by atoms with E-state index in [0.717, 1.165) is 0 Å². The molecule has 2 aromatic heterocycles. The number of rotatable bonds is 1. The Hall–Kier alpha value is -1.54. The van der Waals surface area contributed by atoms with E-state index < -0.39 is 0 Å². The third-order valence-electron chi connectivity index (χ3n) is 2.37. The van der Waals surface area contributed by atoms with Gasteiger partial charge < -0.3 is 4.98 Å². The summed E-state index contributed by atoms with van der Waals surface area (Å²) in [5.74, 6) is 0. The number of aromatic amines is 1. The molecule has 0 aliphatic rings. The van der Waals surface area contributed by atoms with Crippen LogP contribution in [0.4, 0.5) is 0 Å². The third kappa shape index (κ3) is 1.08. The van der Waals surface area contributed by atoms with E-state index in [-0.39, 0.29) is 0 Å². The van der Waals surface area contributed by atoms with Crippen LogP contribution in [0.15, 0.2) is 48.0 Å². The molecule has 0 radical (unpaired) electrons. The Kier molecular flexibility index (Phi) is 1.67. The van der Waals surface area contributed by atoms with E-state index in [1.165, 1.54) is 21.3 Å². The van der Waals surface area contributed by atoms with Gasteiger partial charge in [-0.15, -0.1) is 11.3 Å². The Morgan fingerprint density at radius 1 is 1.00 bits per heavy atom. The van der Waals surface area contributed by atoms with Crippen molar-refractivity contribution in [3.8, 4) is 10.4 Å². The molecular formula is C12H9NS. The first-order valence-corrected chi connectivity index (χ1v) is 5.43. The maximum Gasteiger partial charge on any atom is 0.0541 e. The van der Waals surface area contributed by atoms with Crippen LogP contribution in [0.25, 0.3) is 21.3 Å². The lowest BCUT2D eigenvalue weighted by atomic mass is 10.1. The van der Waals surface area contributed by atoms with E-state index in [1.807, 2.05) is 6.20 Å². The second kappa shape index (κ2) is 3.00. The van der Waals surface area contributed by atoms with Gasteiger partial charge in [0.05, 0.1) is 5.52 Å². The average Bonchev–Trinajstić information content (AvgIpc) is 2.88. The maximum absolute atomic E-state index is 3.28. The van der Waals surface area contributed by atoms with Crippen LogP contribution in [0.3, 0.4) is 0 Å². The van der Waals surface area contributed by atoms with Gasteiger partial charge in [0.2, 0.25) is 0 Å². The molecule has 0 saturated heterocycles. The van der Waals surface area contributed by atoms with Crippen LogP contribution >= 0.6 is 11.3 Å². The molecule has 0 amide bonds. The second-order valence-electron chi connectivity index (χ2n) is 3.22. The third-order valence-corrected chi connectivity index (χ3v) is 3.28. The summed E-state index contributed by atoms with van der Waals surface area (Å²) in [4.78, 5) is 4.60. The van der Waals surface area contributed by atoms with Crippen LogP contribution in [0.5, 0.6) is 0 Å². The first-order valence-electron chi connectivity index (χ1n) is 4.55. The molecule has 1 nitrogen and oxygen atoms in total. The van der Waals surface area contributed by atoms with Gasteiger partial charge in [0, 0.05) is 22.0 Å². The second-order valence-corrected chi connectivity index (χ2v) is 4.17. The van der Waals surface area contributed by atoms with Gasteiger partial charge in [-0.2, -0.15) is 0 Å². The van der Waals surface area contributed by atoms with Crippen molar-refractivity contribution in [2.45, 2.75) is 0 Å². The highest BCUT2D eigenvalue weighted by Crippen LogP contribution is 2.30. The SMILES string of the molecule is c1csc(-c2cccc3cc[nH]c23)c1. The summed E-state index contributed by atoms with van der Waals surface area (Å²) in [6.07, 6.45) is 1.99. The molecule has 0 spiro atoms. The molecule has 68 valence electrons. The van der Waals surface area contributed by atoms with Crippen molar-refractivity contribution in [2.75, 3.05) is 0 Å². The molecule has 2 heteroatoms. The largest absolute Gasteiger partial charge is 0.361 e. The lowest BCUT2D eigenvalue weighted by Crippen LogP contribution is -1.74. The van der Waals surface area contributed by atoms with E-state index >= 15 is 0 Å². The molecule has 0 aliphatic heterocycles. The molecule has 1 aromatic carbocycles. The summed E-state index contributed by atoms with van der Waals surface area (Å²) in [5.41, 5.74) is 2.53. The van der Waals surface area contributed by atoms with Gasteiger partial charge in [0.25, 0.3) is 0 Å². The lowest BCUT2D eigenvalue weighted by molar-refractivity contribution is 1.48. The molecule has 0 bridgehead atoms. The minimum absolute atomic E-state index is 1.23. The predicted molar refractivity (Wildman–Crippen MR) is 61.6 cm³/mol. The first-order chi connectivity index (χ1) is 6.95. The topological polar surface area (TPSA) is 15.8 Å². The molecule has 14 heavy (non-hydrogen) atoms. The monoisotopic (exact) mass is 199 g/mol. The fraction of sp³-hybridized carbons (Fsp3) is 0. The molecule has 0 saturated carbocycles. The van der Waals surface area contributed by atoms with E-state index in [0.29, 0.717) is 0 Å². The summed E-state index contributed by atoms with van der Waals surface area (Å²) >= 11 is 1.77. The van der Waals surface area contributed by atoms with Crippen molar-refractivity contribution in [3.05, 3.63) is 48.0 Å². The number of benzene rings is 1. The van der Waals surface area contributed by atoms with Gasteiger partial charge >= 0.3 is 0 Å². The Labute approximate surface area is 86.0 Å². The summed E-state index contributed by atoms with van der Waals surface area (Å²) < 4.78 is 0. The van der Waals surface area contributed by atoms with Crippen LogP contribution in [-0.2, 0) is 0 Å². The number of fused-ring (bicyclic) bond motifs is 1. The smallest absolute Gasteiger partial charge is 0.0541 e. The molecule has 0 aliphatic carbocycles. The highest BCUT2D eigenvalue weighted by atomic mass is 32.1. The zero-order valence-corrected chi connectivity index (χ0v) is 8.34. The Bertz CT molecular complexity index is 548. The van der Waals surface area contributed by atoms with Crippen molar-refractivity contribution in [3.63, 3.8) is 0 Å². The Morgan fingerprint density at radius 3 is 2.86 bits per heavy atom. The van der Waals surface area contributed by atoms with E-state index in [2.05, 4.69) is 46.8 Å². The number of hydrogen-bond acceptors (Lipinski definition) is 1. The summed E-state index contributed by atoms with van der Waals surface area (Å²) in [6.45, 7) is 0. The molecule has 3 rings (SSSR count). The average molecular weight is 199 g/mol. The summed E-state index contributed by atoms with van der Waals surface area (Å²) in [6, 6.07) is 12.7. The molecule has 2 heterocycles. The summed E-state index contributed by atoms with van der Waals surface area (Å²) in [7, 11) is 0. The minimum atomic E-state index is 1.23. The zero-order valence-electron chi connectivity index (χ0n) is 7.53. The van der Waals surface area contributed by atoms with Crippen molar-refractivity contribution >= 4 is 22.2 Å². The number of aromatic nitrogens is 1. The fourth-order valence-corrected chi connectivity index (χ4v) is 2.48. The Morgan fingerprint density at radius 2 is 2.00 bits per heavy atom. The van der Waals surface area contributed by atoms with Crippen LogP contribution in [0.1, 0.15) is 0 Å². The molecule has 1 N–H and O–H groups in total. The predicted octanol–water partition coefficient (Wildman–Crippen LogP) is 3.90. The highest BCUT2D eigenvalue weighted by molar-refractivity contribution is 7.13. The molecule has 3 aromatic rings. The lowest BCUT2D eigenvalue weighted by Gasteiger charge is -1.99. The van der Waals surface area contributed by atoms with Gasteiger partial charge in [-0.1, -0.05) is 24.3 Å². The molecule has 0 atom stereocenters.